The molecule has 1 aromatic heterocycles. The highest BCUT2D eigenvalue weighted by Crippen LogP contribution is 2.44. The standard InChI is InChI=1S/C16H22N4O/c21-16(15-9-12-3-4-14(15)8-12)19-6-1-2-13(10-19)11-20-7-5-17-18-20/h3-5,7,12-15H,1-2,6,8-11H2. The molecule has 2 bridgehead atoms. The highest BCUT2D eigenvalue weighted by Gasteiger charge is 2.42. The Morgan fingerprint density at radius 3 is 2.95 bits per heavy atom. The van der Waals surface area contributed by atoms with Crippen LogP contribution in [-0.2, 0) is 11.3 Å². The molecule has 4 rings (SSSR count). The van der Waals surface area contributed by atoms with E-state index in [2.05, 4.69) is 27.4 Å². The Bertz CT molecular complexity index is 538. The highest BCUT2D eigenvalue weighted by molar-refractivity contribution is 5.80. The maximum atomic E-state index is 12.8. The van der Waals surface area contributed by atoms with Crippen molar-refractivity contribution >= 4 is 5.91 Å². The van der Waals surface area contributed by atoms with Gasteiger partial charge in [-0.25, -0.2) is 0 Å². The number of hydrogen-bond donors (Lipinski definition) is 0. The quantitative estimate of drug-likeness (QED) is 0.795. The Hall–Kier alpha value is -1.65. The fourth-order valence-corrected chi connectivity index (χ4v) is 4.31. The van der Waals surface area contributed by atoms with Crippen molar-refractivity contribution in [2.75, 3.05) is 13.1 Å². The number of amides is 1. The first-order chi connectivity index (χ1) is 10.3. The fourth-order valence-electron chi connectivity index (χ4n) is 4.31. The molecule has 0 radical (unpaired) electrons. The second kappa shape index (κ2) is 5.28. The summed E-state index contributed by atoms with van der Waals surface area (Å²) >= 11 is 0. The maximum Gasteiger partial charge on any atom is 0.226 e. The average Bonchev–Trinajstić information content (AvgIpc) is 3.24. The van der Waals surface area contributed by atoms with Crippen LogP contribution in [0, 0.1) is 23.7 Å². The molecule has 4 unspecified atom stereocenters. The van der Waals surface area contributed by atoms with Crippen LogP contribution in [0.2, 0.25) is 0 Å². The van der Waals surface area contributed by atoms with E-state index in [9.17, 15) is 4.79 Å². The summed E-state index contributed by atoms with van der Waals surface area (Å²) in [6, 6.07) is 0. The van der Waals surface area contributed by atoms with Crippen LogP contribution in [-0.4, -0.2) is 38.9 Å². The van der Waals surface area contributed by atoms with Gasteiger partial charge in [-0.3, -0.25) is 9.48 Å². The van der Waals surface area contributed by atoms with Crippen LogP contribution in [0.15, 0.2) is 24.5 Å². The van der Waals surface area contributed by atoms with Gasteiger partial charge in [0.25, 0.3) is 0 Å². The molecule has 3 aliphatic rings. The van der Waals surface area contributed by atoms with Crippen molar-refractivity contribution < 1.29 is 4.79 Å². The second-order valence-corrected chi connectivity index (χ2v) is 6.80. The molecule has 0 N–H and O–H groups in total. The molecule has 1 aromatic rings. The topological polar surface area (TPSA) is 51.0 Å². The molecule has 4 atom stereocenters. The van der Waals surface area contributed by atoms with Gasteiger partial charge in [0.2, 0.25) is 5.91 Å². The van der Waals surface area contributed by atoms with Crippen molar-refractivity contribution in [1.82, 2.24) is 19.9 Å². The van der Waals surface area contributed by atoms with Crippen molar-refractivity contribution in [3.05, 3.63) is 24.5 Å². The van der Waals surface area contributed by atoms with E-state index in [1.807, 2.05) is 10.9 Å². The summed E-state index contributed by atoms with van der Waals surface area (Å²) in [6.07, 6.45) is 12.8. The van der Waals surface area contributed by atoms with Crippen LogP contribution in [0.1, 0.15) is 25.7 Å². The molecule has 1 amide bonds. The Morgan fingerprint density at radius 2 is 2.24 bits per heavy atom. The molecule has 5 nitrogen and oxygen atoms in total. The lowest BCUT2D eigenvalue weighted by Gasteiger charge is -2.35. The van der Waals surface area contributed by atoms with E-state index in [-0.39, 0.29) is 5.92 Å². The van der Waals surface area contributed by atoms with Crippen LogP contribution in [0.3, 0.4) is 0 Å². The molecule has 1 aliphatic heterocycles. The lowest BCUT2D eigenvalue weighted by molar-refractivity contribution is -0.138. The van der Waals surface area contributed by atoms with E-state index in [0.717, 1.165) is 32.5 Å². The Labute approximate surface area is 125 Å². The third kappa shape index (κ3) is 2.49. The summed E-state index contributed by atoms with van der Waals surface area (Å²) in [5.74, 6) is 2.34. The van der Waals surface area contributed by atoms with Gasteiger partial charge in [0.05, 0.1) is 6.20 Å². The molecule has 0 spiro atoms. The minimum absolute atomic E-state index is 0.255. The number of aromatic nitrogens is 3. The van der Waals surface area contributed by atoms with Crippen molar-refractivity contribution in [3.63, 3.8) is 0 Å². The Morgan fingerprint density at radius 1 is 1.29 bits per heavy atom. The third-order valence-corrected chi connectivity index (χ3v) is 5.34. The minimum Gasteiger partial charge on any atom is -0.342 e. The van der Waals surface area contributed by atoms with Crippen LogP contribution in [0.5, 0.6) is 0 Å². The molecule has 112 valence electrons. The summed E-state index contributed by atoms with van der Waals surface area (Å²) in [7, 11) is 0. The summed E-state index contributed by atoms with van der Waals surface area (Å²) in [5.41, 5.74) is 0. The number of fused-ring (bicyclic) bond motifs is 2. The highest BCUT2D eigenvalue weighted by atomic mass is 16.2. The zero-order valence-electron chi connectivity index (χ0n) is 12.3. The summed E-state index contributed by atoms with van der Waals surface area (Å²) < 4.78 is 1.89. The van der Waals surface area contributed by atoms with Gasteiger partial charge in [-0.15, -0.1) is 5.10 Å². The van der Waals surface area contributed by atoms with Crippen molar-refractivity contribution in [2.24, 2.45) is 23.7 Å². The number of carbonyl (C=O) groups is 1. The first-order valence-electron chi connectivity index (χ1n) is 8.11. The number of allylic oxidation sites excluding steroid dienone is 2. The lowest BCUT2D eigenvalue weighted by atomic mass is 9.90. The van der Waals surface area contributed by atoms with E-state index in [1.165, 1.54) is 12.8 Å². The van der Waals surface area contributed by atoms with Crippen LogP contribution in [0.25, 0.3) is 0 Å². The van der Waals surface area contributed by atoms with Gasteiger partial charge in [-0.05, 0) is 43.4 Å². The van der Waals surface area contributed by atoms with Gasteiger partial charge in [-0.1, -0.05) is 17.4 Å². The van der Waals surface area contributed by atoms with Gasteiger partial charge in [-0.2, -0.15) is 0 Å². The van der Waals surface area contributed by atoms with Crippen molar-refractivity contribution in [3.8, 4) is 0 Å². The normalized spacial score (nSPS) is 34.6. The monoisotopic (exact) mass is 286 g/mol. The number of nitrogens with zero attached hydrogens (tertiary/aromatic N) is 4. The zero-order valence-corrected chi connectivity index (χ0v) is 12.3. The molecule has 1 saturated heterocycles. The number of rotatable bonds is 3. The van der Waals surface area contributed by atoms with Crippen molar-refractivity contribution in [2.45, 2.75) is 32.2 Å². The largest absolute Gasteiger partial charge is 0.342 e. The van der Waals surface area contributed by atoms with Gasteiger partial charge < -0.3 is 4.90 Å². The second-order valence-electron chi connectivity index (χ2n) is 6.80. The lowest BCUT2D eigenvalue weighted by Crippen LogP contribution is -2.44. The van der Waals surface area contributed by atoms with Crippen molar-refractivity contribution in [1.29, 1.82) is 0 Å². The molecule has 1 saturated carbocycles. The third-order valence-electron chi connectivity index (χ3n) is 5.34. The number of carbonyl (C=O) groups excluding carboxylic acids is 1. The number of likely N-dealkylation sites (tertiary alicyclic amines) is 1. The summed E-state index contributed by atoms with van der Waals surface area (Å²) in [5, 5.41) is 7.90. The fraction of sp³-hybridized carbons (Fsp3) is 0.688. The molecule has 0 aromatic carbocycles. The summed E-state index contributed by atoms with van der Waals surface area (Å²) in [6.45, 7) is 2.70. The first-order valence-corrected chi connectivity index (χ1v) is 8.11. The molecular formula is C16H22N4O. The van der Waals surface area contributed by atoms with E-state index < -0.39 is 0 Å². The van der Waals surface area contributed by atoms with Crippen LogP contribution < -0.4 is 0 Å². The Kier molecular flexibility index (Phi) is 3.28. The van der Waals surface area contributed by atoms with Gasteiger partial charge in [0, 0.05) is 31.7 Å². The Balaban J connectivity index is 1.39. The molecule has 5 heteroatoms. The number of hydrogen-bond acceptors (Lipinski definition) is 3. The predicted octanol–water partition coefficient (Wildman–Crippen LogP) is 1.73. The zero-order chi connectivity index (χ0) is 14.2. The van der Waals surface area contributed by atoms with Gasteiger partial charge in [0.1, 0.15) is 0 Å². The minimum atomic E-state index is 0.255. The van der Waals surface area contributed by atoms with Gasteiger partial charge in [0.15, 0.2) is 0 Å². The molecular weight excluding hydrogens is 264 g/mol. The molecule has 2 aliphatic carbocycles. The smallest absolute Gasteiger partial charge is 0.226 e. The first kappa shape index (κ1) is 13.0. The number of piperidine rings is 1. The van der Waals surface area contributed by atoms with E-state index in [4.69, 9.17) is 0 Å². The molecule has 21 heavy (non-hydrogen) atoms. The molecule has 2 heterocycles. The average molecular weight is 286 g/mol. The maximum absolute atomic E-state index is 12.8. The van der Waals surface area contributed by atoms with E-state index in [0.29, 0.717) is 23.7 Å². The van der Waals surface area contributed by atoms with E-state index >= 15 is 0 Å². The predicted molar refractivity (Wildman–Crippen MR) is 78.2 cm³/mol. The van der Waals surface area contributed by atoms with E-state index in [1.54, 1.807) is 6.20 Å². The SMILES string of the molecule is O=C(C1CC2C=CC1C2)N1CCCC(Cn2ccnn2)C1. The summed E-state index contributed by atoms with van der Waals surface area (Å²) in [4.78, 5) is 14.9. The van der Waals surface area contributed by atoms with Crippen LogP contribution >= 0.6 is 0 Å². The van der Waals surface area contributed by atoms with Gasteiger partial charge >= 0.3 is 0 Å². The van der Waals surface area contributed by atoms with Crippen LogP contribution in [0.4, 0.5) is 0 Å². The molecule has 2 fully saturated rings.